The summed E-state index contributed by atoms with van der Waals surface area (Å²) in [5.74, 6) is 0.184. The van der Waals surface area contributed by atoms with Crippen molar-refractivity contribution in [3.8, 4) is 0 Å². The third-order valence-electron chi connectivity index (χ3n) is 2.11. The Morgan fingerprint density at radius 1 is 1.57 bits per heavy atom. The van der Waals surface area contributed by atoms with Crippen LogP contribution in [0.1, 0.15) is 32.0 Å². The molecule has 0 saturated heterocycles. The van der Waals surface area contributed by atoms with Crippen LogP contribution >= 0.6 is 0 Å². The Morgan fingerprint density at radius 2 is 2.14 bits per heavy atom. The van der Waals surface area contributed by atoms with Gasteiger partial charge in [0.1, 0.15) is 0 Å². The summed E-state index contributed by atoms with van der Waals surface area (Å²) < 4.78 is 1.86. The number of amidine groups is 1. The Bertz CT molecular complexity index is 343. The lowest BCUT2D eigenvalue weighted by atomic mass is 9.88. The molecule has 1 aromatic heterocycles. The molecule has 14 heavy (non-hydrogen) atoms. The maximum absolute atomic E-state index is 7.28. The second-order valence-corrected chi connectivity index (χ2v) is 4.59. The van der Waals surface area contributed by atoms with Crippen LogP contribution in [0.15, 0.2) is 6.20 Å². The van der Waals surface area contributed by atoms with Gasteiger partial charge in [-0.25, -0.2) is 0 Å². The van der Waals surface area contributed by atoms with E-state index in [1.807, 2.05) is 11.7 Å². The number of nitrogens with two attached hydrogens (primary N) is 1. The number of nitrogens with zero attached hydrogens (tertiary/aromatic N) is 2. The minimum atomic E-state index is 0.0377. The Hall–Kier alpha value is -1.32. The summed E-state index contributed by atoms with van der Waals surface area (Å²) in [5.41, 5.74) is 7.62. The molecule has 0 bridgehead atoms. The van der Waals surface area contributed by atoms with Crippen molar-refractivity contribution in [1.29, 1.82) is 5.41 Å². The minimum Gasteiger partial charge on any atom is -0.387 e. The van der Waals surface area contributed by atoms with Crippen LogP contribution in [0.2, 0.25) is 0 Å². The topological polar surface area (TPSA) is 67.7 Å². The highest BCUT2D eigenvalue weighted by molar-refractivity contribution is 5.79. The van der Waals surface area contributed by atoms with E-state index >= 15 is 0 Å². The fraction of sp³-hybridized carbons (Fsp3) is 0.600. The number of hydrogen-bond donors (Lipinski definition) is 2. The van der Waals surface area contributed by atoms with Gasteiger partial charge in [0.15, 0.2) is 0 Å². The number of aromatic nitrogens is 2. The zero-order valence-electron chi connectivity index (χ0n) is 9.26. The molecule has 0 atom stereocenters. The molecule has 1 aromatic rings. The third-order valence-corrected chi connectivity index (χ3v) is 2.11. The van der Waals surface area contributed by atoms with Gasteiger partial charge in [-0.3, -0.25) is 10.1 Å². The smallest absolute Gasteiger partial charge is 0.0951 e. The Morgan fingerprint density at radius 3 is 2.57 bits per heavy atom. The molecule has 0 aliphatic carbocycles. The van der Waals surface area contributed by atoms with E-state index in [4.69, 9.17) is 11.1 Å². The number of hydrogen-bond acceptors (Lipinski definition) is 2. The summed E-state index contributed by atoms with van der Waals surface area (Å²) in [5, 5.41) is 11.5. The van der Waals surface area contributed by atoms with Crippen molar-refractivity contribution in [2.75, 3.05) is 0 Å². The molecule has 1 heterocycles. The molecule has 0 fully saturated rings. The Kier molecular flexibility index (Phi) is 2.64. The fourth-order valence-corrected chi connectivity index (χ4v) is 1.78. The van der Waals surface area contributed by atoms with Crippen LogP contribution in [-0.2, 0) is 18.9 Å². The van der Waals surface area contributed by atoms with Gasteiger partial charge in [-0.2, -0.15) is 5.10 Å². The molecule has 0 aliphatic heterocycles. The first-order chi connectivity index (χ1) is 6.32. The zero-order valence-corrected chi connectivity index (χ0v) is 9.26. The quantitative estimate of drug-likeness (QED) is 0.548. The van der Waals surface area contributed by atoms with Crippen molar-refractivity contribution in [3.05, 3.63) is 17.5 Å². The molecule has 1 rings (SSSR count). The van der Waals surface area contributed by atoms with Gasteiger partial charge in [0.25, 0.3) is 0 Å². The largest absolute Gasteiger partial charge is 0.387 e. The third kappa shape index (κ3) is 2.13. The lowest BCUT2D eigenvalue weighted by molar-refractivity contribution is 0.519. The molecular formula is C10H18N4. The SMILES string of the molecule is Cn1ncc(CC(=N)N)c1C(C)(C)C. The zero-order chi connectivity index (χ0) is 10.9. The second-order valence-electron chi connectivity index (χ2n) is 4.59. The highest BCUT2D eigenvalue weighted by atomic mass is 15.3. The number of aryl methyl sites for hydroxylation is 1. The van der Waals surface area contributed by atoms with E-state index in [1.165, 1.54) is 0 Å². The van der Waals surface area contributed by atoms with E-state index in [2.05, 4.69) is 25.9 Å². The lowest BCUT2D eigenvalue weighted by Gasteiger charge is -2.20. The van der Waals surface area contributed by atoms with Gasteiger partial charge in [0, 0.05) is 30.1 Å². The molecule has 4 nitrogen and oxygen atoms in total. The first kappa shape index (κ1) is 10.8. The maximum Gasteiger partial charge on any atom is 0.0951 e. The number of nitrogens with one attached hydrogen (secondary N) is 1. The van der Waals surface area contributed by atoms with Crippen LogP contribution in [0.25, 0.3) is 0 Å². The van der Waals surface area contributed by atoms with Crippen LogP contribution in [0.3, 0.4) is 0 Å². The Labute approximate surface area is 84.6 Å². The molecule has 0 radical (unpaired) electrons. The molecule has 4 heteroatoms. The lowest BCUT2D eigenvalue weighted by Crippen LogP contribution is -2.21. The maximum atomic E-state index is 7.28. The predicted molar refractivity (Wildman–Crippen MR) is 57.5 cm³/mol. The van der Waals surface area contributed by atoms with E-state index in [-0.39, 0.29) is 11.3 Å². The van der Waals surface area contributed by atoms with Gasteiger partial charge >= 0.3 is 0 Å². The average Bonchev–Trinajstić information content (AvgIpc) is 2.28. The molecule has 78 valence electrons. The monoisotopic (exact) mass is 194 g/mol. The molecule has 3 N–H and O–H groups in total. The van der Waals surface area contributed by atoms with Crippen molar-refractivity contribution < 1.29 is 0 Å². The first-order valence-corrected chi connectivity index (χ1v) is 4.66. The van der Waals surface area contributed by atoms with Gasteiger partial charge in [-0.15, -0.1) is 0 Å². The fourth-order valence-electron chi connectivity index (χ4n) is 1.78. The summed E-state index contributed by atoms with van der Waals surface area (Å²) in [6.45, 7) is 6.40. The highest BCUT2D eigenvalue weighted by Gasteiger charge is 2.22. The molecular weight excluding hydrogens is 176 g/mol. The van der Waals surface area contributed by atoms with Gasteiger partial charge in [-0.1, -0.05) is 20.8 Å². The van der Waals surface area contributed by atoms with Crippen LogP contribution in [0, 0.1) is 5.41 Å². The minimum absolute atomic E-state index is 0.0377. The van der Waals surface area contributed by atoms with Crippen LogP contribution in [0.4, 0.5) is 0 Å². The molecule has 0 unspecified atom stereocenters. The predicted octanol–water partition coefficient (Wildman–Crippen LogP) is 1.20. The van der Waals surface area contributed by atoms with Crippen LogP contribution < -0.4 is 5.73 Å². The standard InChI is InChI=1S/C10H18N4/c1-10(2,3)9-7(5-8(11)12)6-13-14(9)4/h6H,5H2,1-4H3,(H3,11,12). The molecule has 0 aromatic carbocycles. The molecule has 0 saturated carbocycles. The van der Waals surface area contributed by atoms with Crippen molar-refractivity contribution in [3.63, 3.8) is 0 Å². The van der Waals surface area contributed by atoms with E-state index < -0.39 is 0 Å². The molecule has 0 aliphatic rings. The normalized spacial score (nSPS) is 11.7. The van der Waals surface area contributed by atoms with Gasteiger partial charge in [0.05, 0.1) is 12.0 Å². The average molecular weight is 194 g/mol. The second kappa shape index (κ2) is 3.44. The van der Waals surface area contributed by atoms with E-state index in [0.717, 1.165) is 11.3 Å². The summed E-state index contributed by atoms with van der Waals surface area (Å²) in [7, 11) is 1.92. The highest BCUT2D eigenvalue weighted by Crippen LogP contribution is 2.25. The summed E-state index contributed by atoms with van der Waals surface area (Å²) in [6, 6.07) is 0. The van der Waals surface area contributed by atoms with E-state index in [9.17, 15) is 0 Å². The van der Waals surface area contributed by atoms with Crippen LogP contribution in [-0.4, -0.2) is 15.6 Å². The summed E-state index contributed by atoms with van der Waals surface area (Å²) in [6.07, 6.45) is 2.28. The van der Waals surface area contributed by atoms with Crippen molar-refractivity contribution in [1.82, 2.24) is 9.78 Å². The first-order valence-electron chi connectivity index (χ1n) is 4.66. The molecule has 0 spiro atoms. The van der Waals surface area contributed by atoms with Crippen molar-refractivity contribution in [2.45, 2.75) is 32.6 Å². The summed E-state index contributed by atoms with van der Waals surface area (Å²) >= 11 is 0. The summed E-state index contributed by atoms with van der Waals surface area (Å²) in [4.78, 5) is 0. The molecule has 0 amide bonds. The van der Waals surface area contributed by atoms with Crippen LogP contribution in [0.5, 0.6) is 0 Å². The number of rotatable bonds is 2. The van der Waals surface area contributed by atoms with Crippen molar-refractivity contribution >= 4 is 5.84 Å². The Balaban J connectivity index is 3.13. The van der Waals surface area contributed by atoms with Gasteiger partial charge < -0.3 is 5.73 Å². The van der Waals surface area contributed by atoms with Gasteiger partial charge in [-0.05, 0) is 0 Å². The van der Waals surface area contributed by atoms with Crippen molar-refractivity contribution in [2.24, 2.45) is 12.8 Å². The van der Waals surface area contributed by atoms with E-state index in [0.29, 0.717) is 6.42 Å². The van der Waals surface area contributed by atoms with E-state index in [1.54, 1.807) is 6.20 Å². The van der Waals surface area contributed by atoms with Gasteiger partial charge in [0.2, 0.25) is 0 Å².